The Hall–Kier alpha value is -2.67. The molecule has 0 spiro atoms. The number of likely N-dealkylation sites (tertiary alicyclic amines) is 1. The molecule has 2 amide bonds. The fourth-order valence-electron chi connectivity index (χ4n) is 3.21. The Morgan fingerprint density at radius 2 is 2.15 bits per heavy atom. The van der Waals surface area contributed by atoms with E-state index < -0.39 is 0 Å². The molecule has 138 valence electrons. The average molecular weight is 356 g/mol. The summed E-state index contributed by atoms with van der Waals surface area (Å²) >= 11 is 0. The Morgan fingerprint density at radius 1 is 1.38 bits per heavy atom. The summed E-state index contributed by atoms with van der Waals surface area (Å²) in [6, 6.07) is 11.9. The lowest BCUT2D eigenvalue weighted by molar-refractivity contribution is -0.137. The molecule has 1 aliphatic heterocycles. The van der Waals surface area contributed by atoms with Crippen LogP contribution >= 0.6 is 0 Å². The normalized spacial score (nSPS) is 16.9. The van der Waals surface area contributed by atoms with Crippen LogP contribution in [0, 0.1) is 0 Å². The molecule has 1 fully saturated rings. The molecule has 0 aliphatic carbocycles. The van der Waals surface area contributed by atoms with Crippen LogP contribution < -0.4 is 0 Å². The molecule has 2 heterocycles. The monoisotopic (exact) mass is 356 g/mol. The third-order valence-electron chi connectivity index (χ3n) is 4.62. The van der Waals surface area contributed by atoms with Crippen molar-refractivity contribution in [2.24, 2.45) is 0 Å². The smallest absolute Gasteiger partial charge is 0.242 e. The molecule has 1 saturated heterocycles. The van der Waals surface area contributed by atoms with E-state index in [9.17, 15) is 9.59 Å². The van der Waals surface area contributed by atoms with E-state index in [1.54, 1.807) is 24.0 Å². The first-order valence-electron chi connectivity index (χ1n) is 8.65. The summed E-state index contributed by atoms with van der Waals surface area (Å²) in [6.07, 6.45) is 0.460. The van der Waals surface area contributed by atoms with E-state index >= 15 is 0 Å². The lowest BCUT2D eigenvalue weighted by atomic mass is 9.99. The predicted molar refractivity (Wildman–Crippen MR) is 96.2 cm³/mol. The molecule has 0 saturated carbocycles. The summed E-state index contributed by atoms with van der Waals surface area (Å²) in [5, 5.41) is 7.03. The molecule has 0 unspecified atom stereocenters. The van der Waals surface area contributed by atoms with Crippen LogP contribution in [0.4, 0.5) is 0 Å². The molecule has 7 nitrogen and oxygen atoms in total. The number of aromatic amines is 1. The van der Waals surface area contributed by atoms with Crippen LogP contribution in [-0.2, 0) is 27.5 Å². The van der Waals surface area contributed by atoms with Gasteiger partial charge in [0.05, 0.1) is 31.1 Å². The van der Waals surface area contributed by atoms with Crippen molar-refractivity contribution in [1.82, 2.24) is 20.0 Å². The van der Waals surface area contributed by atoms with E-state index in [2.05, 4.69) is 10.2 Å². The maximum absolute atomic E-state index is 12.5. The van der Waals surface area contributed by atoms with Crippen molar-refractivity contribution in [3.05, 3.63) is 53.3 Å². The SMILES string of the molecule is COCc1cc(CN(C)C(=O)CN2C[C@H](c3ccccc3)CC2=O)[nH]n1. The van der Waals surface area contributed by atoms with Crippen molar-refractivity contribution >= 4 is 11.8 Å². The van der Waals surface area contributed by atoms with Gasteiger partial charge in [-0.3, -0.25) is 14.7 Å². The molecular weight excluding hydrogens is 332 g/mol. The standard InChI is InChI=1S/C19H24N4O3/c1-22(11-16-9-17(13-26-2)21-20-16)19(25)12-23-10-15(8-18(23)24)14-6-4-3-5-7-14/h3-7,9,15H,8,10-13H2,1-2H3,(H,20,21)/t15-/m1/s1. The molecule has 1 aromatic heterocycles. The molecule has 2 aromatic rings. The van der Waals surface area contributed by atoms with Crippen LogP contribution in [0.1, 0.15) is 29.3 Å². The van der Waals surface area contributed by atoms with Crippen molar-refractivity contribution in [2.75, 3.05) is 27.2 Å². The summed E-state index contributed by atoms with van der Waals surface area (Å²) in [5.41, 5.74) is 2.78. The fourth-order valence-corrected chi connectivity index (χ4v) is 3.21. The van der Waals surface area contributed by atoms with Gasteiger partial charge >= 0.3 is 0 Å². The highest BCUT2D eigenvalue weighted by atomic mass is 16.5. The molecule has 1 aliphatic rings. The number of hydrogen-bond acceptors (Lipinski definition) is 4. The number of benzene rings is 1. The van der Waals surface area contributed by atoms with Gasteiger partial charge in [0.15, 0.2) is 0 Å². The van der Waals surface area contributed by atoms with Gasteiger partial charge in [-0.1, -0.05) is 30.3 Å². The Kier molecular flexibility index (Phi) is 5.68. The van der Waals surface area contributed by atoms with Gasteiger partial charge in [-0.2, -0.15) is 5.10 Å². The maximum atomic E-state index is 12.5. The first-order chi connectivity index (χ1) is 12.6. The highest BCUT2D eigenvalue weighted by Crippen LogP contribution is 2.27. The van der Waals surface area contributed by atoms with Crippen LogP contribution in [0.25, 0.3) is 0 Å². The van der Waals surface area contributed by atoms with Crippen LogP contribution in [-0.4, -0.2) is 59.1 Å². The van der Waals surface area contributed by atoms with E-state index in [1.807, 2.05) is 36.4 Å². The molecule has 1 aromatic carbocycles. The van der Waals surface area contributed by atoms with Crippen molar-refractivity contribution in [1.29, 1.82) is 0 Å². The van der Waals surface area contributed by atoms with Gasteiger partial charge in [-0.25, -0.2) is 0 Å². The van der Waals surface area contributed by atoms with Gasteiger partial charge < -0.3 is 14.5 Å². The van der Waals surface area contributed by atoms with Crippen LogP contribution in [0.3, 0.4) is 0 Å². The topological polar surface area (TPSA) is 78.5 Å². The average Bonchev–Trinajstić information content (AvgIpc) is 3.23. The maximum Gasteiger partial charge on any atom is 0.242 e. The van der Waals surface area contributed by atoms with E-state index in [-0.39, 0.29) is 24.3 Å². The number of H-pyrrole nitrogens is 1. The third kappa shape index (κ3) is 4.29. The fraction of sp³-hybridized carbons (Fsp3) is 0.421. The number of carbonyl (C=O) groups is 2. The zero-order valence-corrected chi connectivity index (χ0v) is 15.1. The molecule has 1 N–H and O–H groups in total. The summed E-state index contributed by atoms with van der Waals surface area (Å²) in [6.45, 7) is 1.54. The van der Waals surface area contributed by atoms with Gasteiger partial charge in [0.25, 0.3) is 0 Å². The van der Waals surface area contributed by atoms with Gasteiger partial charge in [0, 0.05) is 33.0 Å². The zero-order chi connectivity index (χ0) is 18.5. The number of ether oxygens (including phenoxy) is 1. The molecule has 1 atom stereocenters. The van der Waals surface area contributed by atoms with E-state index in [1.165, 1.54) is 0 Å². The van der Waals surface area contributed by atoms with Crippen molar-refractivity contribution < 1.29 is 14.3 Å². The van der Waals surface area contributed by atoms with E-state index in [0.29, 0.717) is 26.1 Å². The summed E-state index contributed by atoms with van der Waals surface area (Å²) in [5.74, 6) is 0.102. The van der Waals surface area contributed by atoms with Gasteiger partial charge in [0.2, 0.25) is 11.8 Å². The number of hydrogen-bond donors (Lipinski definition) is 1. The number of nitrogens with zero attached hydrogens (tertiary/aromatic N) is 3. The largest absolute Gasteiger partial charge is 0.378 e. The molecule has 26 heavy (non-hydrogen) atoms. The van der Waals surface area contributed by atoms with Gasteiger partial charge in [-0.15, -0.1) is 0 Å². The predicted octanol–water partition coefficient (Wildman–Crippen LogP) is 1.53. The lowest BCUT2D eigenvalue weighted by Gasteiger charge is -2.21. The first-order valence-corrected chi connectivity index (χ1v) is 8.65. The highest BCUT2D eigenvalue weighted by molar-refractivity contribution is 5.86. The van der Waals surface area contributed by atoms with Crippen molar-refractivity contribution in [3.63, 3.8) is 0 Å². The Bertz CT molecular complexity index is 759. The Balaban J connectivity index is 1.54. The molecular formula is C19H24N4O3. The highest BCUT2D eigenvalue weighted by Gasteiger charge is 2.32. The van der Waals surface area contributed by atoms with E-state index in [0.717, 1.165) is 17.0 Å². The second-order valence-corrected chi connectivity index (χ2v) is 6.65. The minimum atomic E-state index is -0.0880. The van der Waals surface area contributed by atoms with E-state index in [4.69, 9.17) is 4.74 Å². The Morgan fingerprint density at radius 3 is 2.88 bits per heavy atom. The molecule has 0 bridgehead atoms. The number of carbonyl (C=O) groups excluding carboxylic acids is 2. The summed E-state index contributed by atoms with van der Waals surface area (Å²) in [7, 11) is 3.34. The zero-order valence-electron chi connectivity index (χ0n) is 15.1. The van der Waals surface area contributed by atoms with Crippen LogP contribution in [0.5, 0.6) is 0 Å². The first kappa shape index (κ1) is 18.1. The van der Waals surface area contributed by atoms with Crippen LogP contribution in [0.2, 0.25) is 0 Å². The number of amides is 2. The summed E-state index contributed by atoms with van der Waals surface area (Å²) < 4.78 is 5.03. The number of aromatic nitrogens is 2. The van der Waals surface area contributed by atoms with Gasteiger partial charge in [-0.05, 0) is 11.6 Å². The van der Waals surface area contributed by atoms with Crippen molar-refractivity contribution in [3.8, 4) is 0 Å². The second kappa shape index (κ2) is 8.14. The minimum Gasteiger partial charge on any atom is -0.378 e. The molecule has 3 rings (SSSR count). The number of likely N-dealkylation sites (N-methyl/N-ethyl adjacent to an activating group) is 1. The third-order valence-corrected chi connectivity index (χ3v) is 4.62. The summed E-state index contributed by atoms with van der Waals surface area (Å²) in [4.78, 5) is 28.0. The number of nitrogens with one attached hydrogen (secondary N) is 1. The van der Waals surface area contributed by atoms with Gasteiger partial charge in [0.1, 0.15) is 0 Å². The quantitative estimate of drug-likeness (QED) is 0.816. The number of methoxy groups -OCH3 is 1. The lowest BCUT2D eigenvalue weighted by Crippen LogP contribution is -2.38. The minimum absolute atomic E-state index is 0.0320. The second-order valence-electron chi connectivity index (χ2n) is 6.65. The van der Waals surface area contributed by atoms with Crippen LogP contribution in [0.15, 0.2) is 36.4 Å². The number of rotatable bonds is 7. The molecule has 7 heteroatoms. The Labute approximate surface area is 152 Å². The molecule has 0 radical (unpaired) electrons. The van der Waals surface area contributed by atoms with Crippen molar-refractivity contribution in [2.45, 2.75) is 25.5 Å².